The van der Waals surface area contributed by atoms with Crippen LogP contribution in [0.5, 0.6) is 0 Å². The van der Waals surface area contributed by atoms with Gasteiger partial charge in [-0.15, -0.1) is 12.4 Å². The number of carbonyl (C=O) groups excluding carboxylic acids is 1. The summed E-state index contributed by atoms with van der Waals surface area (Å²) < 4.78 is 7.40. The Hall–Kier alpha value is -1.11. The molecule has 1 aromatic rings. The fourth-order valence-corrected chi connectivity index (χ4v) is 2.88. The number of nitrogens with one attached hydrogen (secondary N) is 1. The van der Waals surface area contributed by atoms with Crippen LogP contribution in [0.2, 0.25) is 0 Å². The van der Waals surface area contributed by atoms with E-state index in [1.807, 2.05) is 28.8 Å². The van der Waals surface area contributed by atoms with E-state index in [0.29, 0.717) is 31.4 Å². The first-order valence-corrected chi connectivity index (χ1v) is 7.41. The van der Waals surface area contributed by atoms with Crippen LogP contribution < -0.4 is 5.32 Å². The molecule has 2 fully saturated rings. The van der Waals surface area contributed by atoms with Crippen LogP contribution in [0.4, 0.5) is 0 Å². The minimum atomic E-state index is 0. The number of piperidine rings is 1. The fraction of sp³-hybridized carbons (Fsp3) is 0.714. The van der Waals surface area contributed by atoms with Crippen LogP contribution in [0.25, 0.3) is 0 Å². The topological polar surface area (TPSA) is 59.4 Å². The SMILES string of the molecule is CC1CN(C(=O)c2ccn(C3CCCNC3)n2)CCO1.Cl. The van der Waals surface area contributed by atoms with E-state index < -0.39 is 0 Å². The number of hydrogen-bond donors (Lipinski definition) is 1. The molecule has 0 aromatic carbocycles. The molecule has 3 rings (SSSR count). The Morgan fingerprint density at radius 2 is 2.38 bits per heavy atom. The molecular weight excluding hydrogens is 292 g/mol. The van der Waals surface area contributed by atoms with Crippen molar-refractivity contribution in [3.8, 4) is 0 Å². The van der Waals surface area contributed by atoms with E-state index >= 15 is 0 Å². The number of rotatable bonds is 2. The fourth-order valence-electron chi connectivity index (χ4n) is 2.88. The number of ether oxygens (including phenoxy) is 1. The second-order valence-corrected chi connectivity index (χ2v) is 5.61. The van der Waals surface area contributed by atoms with Gasteiger partial charge in [-0.1, -0.05) is 0 Å². The highest BCUT2D eigenvalue weighted by Gasteiger charge is 2.25. The maximum atomic E-state index is 12.4. The summed E-state index contributed by atoms with van der Waals surface area (Å²) in [6.45, 7) is 5.92. The van der Waals surface area contributed by atoms with Crippen molar-refractivity contribution in [1.29, 1.82) is 0 Å². The molecule has 1 N–H and O–H groups in total. The third-order valence-corrected chi connectivity index (χ3v) is 4.00. The zero-order valence-electron chi connectivity index (χ0n) is 12.3. The molecule has 2 aliphatic rings. The molecule has 118 valence electrons. The lowest BCUT2D eigenvalue weighted by atomic mass is 10.1. The van der Waals surface area contributed by atoms with Crippen molar-refractivity contribution < 1.29 is 9.53 Å². The van der Waals surface area contributed by atoms with Crippen LogP contribution in [-0.2, 0) is 4.74 Å². The summed E-state index contributed by atoms with van der Waals surface area (Å²) in [6, 6.07) is 2.20. The molecule has 3 heterocycles. The van der Waals surface area contributed by atoms with E-state index in [1.165, 1.54) is 0 Å². The van der Waals surface area contributed by atoms with E-state index in [-0.39, 0.29) is 24.4 Å². The molecule has 2 aliphatic heterocycles. The zero-order valence-corrected chi connectivity index (χ0v) is 13.1. The summed E-state index contributed by atoms with van der Waals surface area (Å²) in [5.41, 5.74) is 0.546. The van der Waals surface area contributed by atoms with Crippen molar-refractivity contribution in [2.75, 3.05) is 32.8 Å². The van der Waals surface area contributed by atoms with Gasteiger partial charge in [-0.3, -0.25) is 9.48 Å². The van der Waals surface area contributed by atoms with Gasteiger partial charge in [0.2, 0.25) is 0 Å². The first kappa shape index (κ1) is 16.3. The minimum absolute atomic E-state index is 0. The molecular formula is C14H23ClN4O2. The van der Waals surface area contributed by atoms with Gasteiger partial charge in [0.25, 0.3) is 5.91 Å². The average Bonchev–Trinajstić information content (AvgIpc) is 2.97. The van der Waals surface area contributed by atoms with Gasteiger partial charge in [0.05, 0.1) is 18.8 Å². The number of aromatic nitrogens is 2. The van der Waals surface area contributed by atoms with Crippen LogP contribution in [0.1, 0.15) is 36.3 Å². The Morgan fingerprint density at radius 3 is 3.10 bits per heavy atom. The van der Waals surface area contributed by atoms with E-state index in [2.05, 4.69) is 10.4 Å². The maximum absolute atomic E-state index is 12.4. The molecule has 0 spiro atoms. The third-order valence-electron chi connectivity index (χ3n) is 4.00. The van der Waals surface area contributed by atoms with Crippen molar-refractivity contribution in [3.05, 3.63) is 18.0 Å². The molecule has 6 nitrogen and oxygen atoms in total. The summed E-state index contributed by atoms with van der Waals surface area (Å²) in [5, 5.41) is 7.85. The standard InChI is InChI=1S/C14H22N4O2.ClH/c1-11-10-17(7-8-20-11)14(19)13-4-6-18(16-13)12-3-2-5-15-9-12;/h4,6,11-12,15H,2-3,5,7-10H2,1H3;1H. The predicted octanol–water partition coefficient (Wildman–Crippen LogP) is 1.09. The highest BCUT2D eigenvalue weighted by Crippen LogP contribution is 2.16. The second kappa shape index (κ2) is 7.24. The van der Waals surface area contributed by atoms with Gasteiger partial charge in [0.1, 0.15) is 5.69 Å². The summed E-state index contributed by atoms with van der Waals surface area (Å²) in [4.78, 5) is 14.3. The molecule has 1 amide bonds. The summed E-state index contributed by atoms with van der Waals surface area (Å²) in [7, 11) is 0. The molecule has 0 radical (unpaired) electrons. The van der Waals surface area contributed by atoms with Crippen LogP contribution in [-0.4, -0.2) is 59.5 Å². The smallest absolute Gasteiger partial charge is 0.274 e. The lowest BCUT2D eigenvalue weighted by molar-refractivity contribution is -0.0126. The highest BCUT2D eigenvalue weighted by atomic mass is 35.5. The summed E-state index contributed by atoms with van der Waals surface area (Å²) >= 11 is 0. The number of amides is 1. The molecule has 0 aliphatic carbocycles. The maximum Gasteiger partial charge on any atom is 0.274 e. The first-order valence-electron chi connectivity index (χ1n) is 7.41. The van der Waals surface area contributed by atoms with E-state index in [1.54, 1.807) is 0 Å². The quantitative estimate of drug-likeness (QED) is 0.888. The van der Waals surface area contributed by atoms with E-state index in [9.17, 15) is 4.79 Å². The number of morpholine rings is 1. The van der Waals surface area contributed by atoms with Gasteiger partial charge in [0, 0.05) is 25.8 Å². The summed E-state index contributed by atoms with van der Waals surface area (Å²) in [5.74, 6) is 0.0164. The molecule has 2 atom stereocenters. The van der Waals surface area contributed by atoms with Gasteiger partial charge in [0.15, 0.2) is 0 Å². The molecule has 7 heteroatoms. The Bertz CT molecular complexity index is 473. The highest BCUT2D eigenvalue weighted by molar-refractivity contribution is 5.92. The van der Waals surface area contributed by atoms with Crippen LogP contribution in [0.3, 0.4) is 0 Å². The Morgan fingerprint density at radius 1 is 1.52 bits per heavy atom. The van der Waals surface area contributed by atoms with Gasteiger partial charge < -0.3 is 15.0 Å². The number of nitrogens with zero attached hydrogens (tertiary/aromatic N) is 3. The molecule has 2 saturated heterocycles. The van der Waals surface area contributed by atoms with E-state index in [0.717, 1.165) is 25.9 Å². The number of carbonyl (C=O) groups is 1. The van der Waals surface area contributed by atoms with Crippen LogP contribution >= 0.6 is 12.4 Å². The van der Waals surface area contributed by atoms with E-state index in [4.69, 9.17) is 4.74 Å². The zero-order chi connectivity index (χ0) is 13.9. The first-order chi connectivity index (χ1) is 9.74. The van der Waals surface area contributed by atoms with Gasteiger partial charge >= 0.3 is 0 Å². The minimum Gasteiger partial charge on any atom is -0.375 e. The van der Waals surface area contributed by atoms with Crippen molar-refractivity contribution in [3.63, 3.8) is 0 Å². The van der Waals surface area contributed by atoms with Crippen molar-refractivity contribution >= 4 is 18.3 Å². The lowest BCUT2D eigenvalue weighted by Crippen LogP contribution is -2.44. The van der Waals surface area contributed by atoms with Crippen molar-refractivity contribution in [1.82, 2.24) is 20.0 Å². The second-order valence-electron chi connectivity index (χ2n) is 5.61. The van der Waals surface area contributed by atoms with Crippen LogP contribution in [0.15, 0.2) is 12.3 Å². The molecule has 1 aromatic heterocycles. The third kappa shape index (κ3) is 3.75. The lowest BCUT2D eigenvalue weighted by Gasteiger charge is -2.30. The molecule has 0 bridgehead atoms. The van der Waals surface area contributed by atoms with Crippen molar-refractivity contribution in [2.45, 2.75) is 31.9 Å². The molecule has 21 heavy (non-hydrogen) atoms. The van der Waals surface area contributed by atoms with Gasteiger partial charge in [-0.05, 0) is 32.4 Å². The Kier molecular flexibility index (Phi) is 5.61. The van der Waals surface area contributed by atoms with Crippen LogP contribution in [0, 0.1) is 0 Å². The monoisotopic (exact) mass is 314 g/mol. The molecule has 0 saturated carbocycles. The Labute approximate surface area is 131 Å². The number of halogens is 1. The van der Waals surface area contributed by atoms with Gasteiger partial charge in [-0.25, -0.2) is 0 Å². The normalized spacial score (nSPS) is 26.2. The van der Waals surface area contributed by atoms with Gasteiger partial charge in [-0.2, -0.15) is 5.10 Å². The average molecular weight is 315 g/mol. The Balaban J connectivity index is 0.00000161. The summed E-state index contributed by atoms with van der Waals surface area (Å²) in [6.07, 6.45) is 4.32. The predicted molar refractivity (Wildman–Crippen MR) is 81.9 cm³/mol. The van der Waals surface area contributed by atoms with Crippen molar-refractivity contribution in [2.24, 2.45) is 0 Å². The molecule has 2 unspecified atom stereocenters. The largest absolute Gasteiger partial charge is 0.375 e. The number of hydrogen-bond acceptors (Lipinski definition) is 4.